The number of hydrogen-bond acceptors (Lipinski definition) is 8. The van der Waals surface area contributed by atoms with E-state index in [2.05, 4.69) is 0 Å². The van der Waals surface area contributed by atoms with Crippen molar-refractivity contribution in [3.8, 4) is 17.6 Å². The molecule has 0 N–H and O–H groups in total. The van der Waals surface area contributed by atoms with Crippen LogP contribution < -0.4 is 19.3 Å². The lowest BCUT2D eigenvalue weighted by atomic mass is 10.2. The van der Waals surface area contributed by atoms with Crippen LogP contribution >= 0.6 is 0 Å². The van der Waals surface area contributed by atoms with Crippen LogP contribution in [0.4, 0.5) is 11.4 Å². The molecule has 0 radical (unpaired) electrons. The van der Waals surface area contributed by atoms with Crippen molar-refractivity contribution in [2.24, 2.45) is 0 Å². The Morgan fingerprint density at radius 3 is 2.30 bits per heavy atom. The number of esters is 1. The molecule has 0 atom stereocenters. The summed E-state index contributed by atoms with van der Waals surface area (Å²) >= 11 is 0. The maximum atomic E-state index is 12.7. The number of ketones is 1. The second-order valence-electron chi connectivity index (χ2n) is 7.12. The Bertz CT molecular complexity index is 1130. The average Bonchev–Trinajstić information content (AvgIpc) is 3.08. The van der Waals surface area contributed by atoms with Crippen molar-refractivity contribution in [3.05, 3.63) is 65.5 Å². The number of nitrogens with zero attached hydrogens (tertiary/aromatic N) is 3. The van der Waals surface area contributed by atoms with Crippen LogP contribution in [-0.2, 0) is 14.3 Å². The number of nitriles is 1. The third-order valence-electron chi connectivity index (χ3n) is 5.10. The number of carbonyl (C=O) groups excluding carboxylic acids is 2. The Morgan fingerprint density at radius 1 is 1.06 bits per heavy atom. The molecule has 0 amide bonds. The van der Waals surface area contributed by atoms with E-state index in [4.69, 9.17) is 14.2 Å². The molecule has 0 aromatic heterocycles. The van der Waals surface area contributed by atoms with Gasteiger partial charge in [-0.25, -0.2) is 4.79 Å². The summed E-state index contributed by atoms with van der Waals surface area (Å²) in [6.45, 7) is 1.84. The van der Waals surface area contributed by atoms with E-state index in [1.54, 1.807) is 48.2 Å². The molecule has 1 heterocycles. The van der Waals surface area contributed by atoms with Crippen LogP contribution in [0, 0.1) is 11.3 Å². The van der Waals surface area contributed by atoms with Crippen molar-refractivity contribution in [3.63, 3.8) is 0 Å². The number of Topliss-reactive ketones (excluding diaryl/α,β-unsaturated/α-hetero) is 1. The number of para-hydroxylation sites is 2. The highest BCUT2D eigenvalue weighted by Crippen LogP contribution is 2.40. The van der Waals surface area contributed by atoms with Crippen molar-refractivity contribution >= 4 is 29.2 Å². The molecule has 1 aliphatic heterocycles. The second kappa shape index (κ2) is 10.4. The summed E-state index contributed by atoms with van der Waals surface area (Å²) in [5.41, 5.74) is 2.37. The van der Waals surface area contributed by atoms with Crippen LogP contribution in [0.15, 0.2) is 59.9 Å². The molecular formula is C25H25N3O5. The molecule has 0 spiro atoms. The molecule has 3 rings (SSSR count). The Balaban J connectivity index is 1.67. The van der Waals surface area contributed by atoms with Gasteiger partial charge in [-0.15, -0.1) is 0 Å². The summed E-state index contributed by atoms with van der Waals surface area (Å²) in [5.74, 6) is 0.306. The molecule has 8 heteroatoms. The fraction of sp³-hybridized carbons (Fsp3) is 0.240. The van der Waals surface area contributed by atoms with Gasteiger partial charge < -0.3 is 24.0 Å². The molecule has 0 unspecified atom stereocenters. The third-order valence-corrected chi connectivity index (χ3v) is 5.10. The van der Waals surface area contributed by atoms with E-state index in [0.29, 0.717) is 29.5 Å². The van der Waals surface area contributed by atoms with E-state index in [0.717, 1.165) is 11.4 Å². The second-order valence-corrected chi connectivity index (χ2v) is 7.12. The van der Waals surface area contributed by atoms with Gasteiger partial charge in [0.05, 0.1) is 25.1 Å². The number of hydrogen-bond donors (Lipinski definition) is 0. The largest absolute Gasteiger partial charge is 0.493 e. The monoisotopic (exact) mass is 447 g/mol. The zero-order valence-electron chi connectivity index (χ0n) is 19.0. The fourth-order valence-corrected chi connectivity index (χ4v) is 3.54. The molecule has 2 aromatic carbocycles. The highest BCUT2D eigenvalue weighted by atomic mass is 16.5. The van der Waals surface area contributed by atoms with Crippen LogP contribution in [-0.4, -0.2) is 46.2 Å². The van der Waals surface area contributed by atoms with E-state index in [-0.39, 0.29) is 5.57 Å². The summed E-state index contributed by atoms with van der Waals surface area (Å²) in [6, 6.07) is 14.8. The highest BCUT2D eigenvalue weighted by molar-refractivity contribution is 6.04. The topological polar surface area (TPSA) is 92.1 Å². The first-order chi connectivity index (χ1) is 15.9. The Hall–Kier alpha value is -4.25. The first-order valence-electron chi connectivity index (χ1n) is 10.3. The maximum Gasteiger partial charge on any atom is 0.331 e. The Labute approximate surface area is 192 Å². The first kappa shape index (κ1) is 23.4. The summed E-state index contributed by atoms with van der Waals surface area (Å²) in [5, 5.41) is 9.64. The lowest BCUT2D eigenvalue weighted by Gasteiger charge is -2.19. The number of rotatable bonds is 8. The predicted octanol–water partition coefficient (Wildman–Crippen LogP) is 3.54. The van der Waals surface area contributed by atoms with Crippen molar-refractivity contribution in [2.45, 2.75) is 6.92 Å². The number of fused-ring (bicyclic) bond motifs is 1. The van der Waals surface area contributed by atoms with Crippen LogP contribution in [0.5, 0.6) is 11.5 Å². The maximum absolute atomic E-state index is 12.7. The van der Waals surface area contributed by atoms with E-state index in [9.17, 15) is 14.9 Å². The van der Waals surface area contributed by atoms with E-state index >= 15 is 0 Å². The lowest BCUT2D eigenvalue weighted by molar-refractivity contribution is -0.141. The van der Waals surface area contributed by atoms with Crippen molar-refractivity contribution in [2.75, 3.05) is 44.2 Å². The molecule has 2 aromatic rings. The summed E-state index contributed by atoms with van der Waals surface area (Å²) in [4.78, 5) is 28.4. The zero-order chi connectivity index (χ0) is 24.0. The van der Waals surface area contributed by atoms with Gasteiger partial charge in [0.1, 0.15) is 17.5 Å². The van der Waals surface area contributed by atoms with Crippen LogP contribution in [0.3, 0.4) is 0 Å². The molecule has 1 aliphatic rings. The smallest absolute Gasteiger partial charge is 0.331 e. The SMILES string of the molecule is CCOc1ccc(/C=C/C(=O)OCC(=O)C(C#N)=C2N(C)c3ccccc3N2C)cc1OC. The number of anilines is 2. The van der Waals surface area contributed by atoms with Crippen LogP contribution in [0.2, 0.25) is 0 Å². The zero-order valence-corrected chi connectivity index (χ0v) is 19.0. The molecular weight excluding hydrogens is 422 g/mol. The Morgan fingerprint density at radius 2 is 1.73 bits per heavy atom. The van der Waals surface area contributed by atoms with Gasteiger partial charge in [0.15, 0.2) is 18.1 Å². The van der Waals surface area contributed by atoms with E-state index < -0.39 is 18.4 Å². The summed E-state index contributed by atoms with van der Waals surface area (Å²) < 4.78 is 15.8. The van der Waals surface area contributed by atoms with Gasteiger partial charge >= 0.3 is 5.97 Å². The molecule has 170 valence electrons. The number of benzene rings is 2. The van der Waals surface area contributed by atoms with Gasteiger partial charge in [-0.05, 0) is 42.8 Å². The van der Waals surface area contributed by atoms with E-state index in [1.165, 1.54) is 13.2 Å². The van der Waals surface area contributed by atoms with E-state index in [1.807, 2.05) is 37.3 Å². The quantitative estimate of drug-likeness (QED) is 0.345. The normalized spacial score (nSPS) is 12.4. The van der Waals surface area contributed by atoms with Gasteiger partial charge in [0.25, 0.3) is 0 Å². The average molecular weight is 447 g/mol. The molecule has 33 heavy (non-hydrogen) atoms. The summed E-state index contributed by atoms with van der Waals surface area (Å²) in [7, 11) is 5.09. The highest BCUT2D eigenvalue weighted by Gasteiger charge is 2.31. The lowest BCUT2D eigenvalue weighted by Crippen LogP contribution is -2.27. The number of methoxy groups -OCH3 is 1. The number of carbonyl (C=O) groups is 2. The summed E-state index contributed by atoms with van der Waals surface area (Å²) in [6.07, 6.45) is 2.76. The van der Waals surface area contributed by atoms with Crippen molar-refractivity contribution in [1.29, 1.82) is 5.26 Å². The molecule has 0 saturated heterocycles. The minimum atomic E-state index is -0.699. The molecule has 0 bridgehead atoms. The van der Waals surface area contributed by atoms with Gasteiger partial charge in [0.2, 0.25) is 5.78 Å². The third kappa shape index (κ3) is 4.99. The van der Waals surface area contributed by atoms with Crippen molar-refractivity contribution in [1.82, 2.24) is 0 Å². The van der Waals surface area contributed by atoms with Crippen LogP contribution in [0.1, 0.15) is 12.5 Å². The van der Waals surface area contributed by atoms with Crippen molar-refractivity contribution < 1.29 is 23.8 Å². The van der Waals surface area contributed by atoms with Crippen LogP contribution in [0.25, 0.3) is 6.08 Å². The number of ether oxygens (including phenoxy) is 3. The van der Waals surface area contributed by atoms with Gasteiger partial charge in [0, 0.05) is 20.2 Å². The Kier molecular flexibility index (Phi) is 7.36. The standard InChI is InChI=1S/C25H25N3O5/c1-5-32-22-12-10-17(14-23(22)31-4)11-13-24(30)33-16-21(29)18(15-26)25-27(2)19-8-6-7-9-20(19)28(25)3/h6-14H,5,16H2,1-4H3/b13-11+. The molecule has 0 fully saturated rings. The van der Waals surface area contributed by atoms with Gasteiger partial charge in [-0.2, -0.15) is 5.26 Å². The van der Waals surface area contributed by atoms with Gasteiger partial charge in [-0.3, -0.25) is 4.79 Å². The first-order valence-corrected chi connectivity index (χ1v) is 10.3. The predicted molar refractivity (Wildman–Crippen MR) is 125 cm³/mol. The fourth-order valence-electron chi connectivity index (χ4n) is 3.54. The minimum absolute atomic E-state index is 0.0794. The molecule has 0 saturated carbocycles. The minimum Gasteiger partial charge on any atom is -0.493 e. The molecule has 0 aliphatic carbocycles. The molecule has 8 nitrogen and oxygen atoms in total. The van der Waals surface area contributed by atoms with Gasteiger partial charge in [-0.1, -0.05) is 18.2 Å².